The third-order valence-electron chi connectivity index (χ3n) is 2.41. The second-order valence-electron chi connectivity index (χ2n) is 3.67. The van der Waals surface area contributed by atoms with E-state index in [-0.39, 0.29) is 11.7 Å². The molecule has 0 spiro atoms. The van der Waals surface area contributed by atoms with Gasteiger partial charge < -0.3 is 20.3 Å². The molecule has 1 aromatic heterocycles. The van der Waals surface area contributed by atoms with Crippen LogP contribution in [0.25, 0.3) is 0 Å². The van der Waals surface area contributed by atoms with E-state index in [1.165, 1.54) is 6.26 Å². The van der Waals surface area contributed by atoms with Gasteiger partial charge in [-0.05, 0) is 19.9 Å². The van der Waals surface area contributed by atoms with Crippen molar-refractivity contribution in [3.63, 3.8) is 0 Å². The SMILES string of the molecule is CCN(CCC(N)=NO)C(=O)c1coc(C)c1. The first-order valence-electron chi connectivity index (χ1n) is 5.39. The van der Waals surface area contributed by atoms with Crippen molar-refractivity contribution in [1.82, 2.24) is 4.90 Å². The zero-order chi connectivity index (χ0) is 12.8. The second-order valence-corrected chi connectivity index (χ2v) is 3.67. The van der Waals surface area contributed by atoms with Crippen molar-refractivity contribution in [1.29, 1.82) is 0 Å². The average Bonchev–Trinajstić information content (AvgIpc) is 2.76. The van der Waals surface area contributed by atoms with Gasteiger partial charge in [-0.25, -0.2) is 0 Å². The quantitative estimate of drug-likeness (QED) is 0.349. The van der Waals surface area contributed by atoms with E-state index in [0.29, 0.717) is 30.8 Å². The first kappa shape index (κ1) is 13.1. The summed E-state index contributed by atoms with van der Waals surface area (Å²) in [5.74, 6) is 0.690. The zero-order valence-corrected chi connectivity index (χ0v) is 10.0. The highest BCUT2D eigenvalue weighted by Crippen LogP contribution is 2.10. The maximum Gasteiger partial charge on any atom is 0.257 e. The monoisotopic (exact) mass is 239 g/mol. The van der Waals surface area contributed by atoms with Crippen LogP contribution in [-0.4, -0.2) is 34.9 Å². The van der Waals surface area contributed by atoms with Crippen LogP contribution in [0.4, 0.5) is 0 Å². The lowest BCUT2D eigenvalue weighted by atomic mass is 10.2. The minimum Gasteiger partial charge on any atom is -0.469 e. The van der Waals surface area contributed by atoms with Gasteiger partial charge in [0.15, 0.2) is 0 Å². The molecule has 1 amide bonds. The summed E-state index contributed by atoms with van der Waals surface area (Å²) < 4.78 is 5.09. The molecule has 0 aliphatic carbocycles. The van der Waals surface area contributed by atoms with E-state index < -0.39 is 0 Å². The Kier molecular flexibility index (Phi) is 4.56. The molecule has 0 aromatic carbocycles. The lowest BCUT2D eigenvalue weighted by Crippen LogP contribution is -2.33. The summed E-state index contributed by atoms with van der Waals surface area (Å²) in [4.78, 5) is 13.6. The molecule has 0 radical (unpaired) electrons. The first-order chi connectivity index (χ1) is 8.08. The van der Waals surface area contributed by atoms with Gasteiger partial charge in [0.2, 0.25) is 0 Å². The van der Waals surface area contributed by atoms with Gasteiger partial charge in [0, 0.05) is 19.5 Å². The smallest absolute Gasteiger partial charge is 0.257 e. The predicted molar refractivity (Wildman–Crippen MR) is 63.0 cm³/mol. The largest absolute Gasteiger partial charge is 0.469 e. The van der Waals surface area contributed by atoms with Crippen LogP contribution >= 0.6 is 0 Å². The van der Waals surface area contributed by atoms with Gasteiger partial charge in [-0.2, -0.15) is 0 Å². The standard InChI is InChI=1S/C11H17N3O3/c1-3-14(5-4-10(12)13-16)11(15)9-6-8(2)17-7-9/h6-7,16H,3-5H2,1-2H3,(H2,12,13). The number of carbonyl (C=O) groups is 1. The van der Waals surface area contributed by atoms with Gasteiger partial charge in [-0.3, -0.25) is 4.79 Å². The van der Waals surface area contributed by atoms with Crippen LogP contribution in [0.5, 0.6) is 0 Å². The van der Waals surface area contributed by atoms with Gasteiger partial charge in [-0.1, -0.05) is 5.16 Å². The Morgan fingerprint density at radius 1 is 1.65 bits per heavy atom. The summed E-state index contributed by atoms with van der Waals surface area (Å²) in [6.07, 6.45) is 1.77. The molecule has 3 N–H and O–H groups in total. The Hall–Kier alpha value is -1.98. The number of aryl methyl sites for hydroxylation is 1. The van der Waals surface area contributed by atoms with Crippen molar-refractivity contribution < 1.29 is 14.4 Å². The minimum absolute atomic E-state index is 0.111. The van der Waals surface area contributed by atoms with Crippen molar-refractivity contribution in [2.45, 2.75) is 20.3 Å². The van der Waals surface area contributed by atoms with Crippen molar-refractivity contribution in [3.05, 3.63) is 23.7 Å². The number of hydrogen-bond acceptors (Lipinski definition) is 4. The van der Waals surface area contributed by atoms with Crippen molar-refractivity contribution in [2.75, 3.05) is 13.1 Å². The molecular formula is C11H17N3O3. The van der Waals surface area contributed by atoms with Gasteiger partial charge >= 0.3 is 0 Å². The highest BCUT2D eigenvalue weighted by Gasteiger charge is 2.16. The first-order valence-corrected chi connectivity index (χ1v) is 5.39. The van der Waals surface area contributed by atoms with E-state index in [0.717, 1.165) is 0 Å². The number of hydrogen-bond donors (Lipinski definition) is 2. The molecule has 1 aromatic rings. The fourth-order valence-corrected chi connectivity index (χ4v) is 1.44. The summed E-state index contributed by atoms with van der Waals surface area (Å²) >= 11 is 0. The van der Waals surface area contributed by atoms with Crippen LogP contribution in [0.15, 0.2) is 21.9 Å². The van der Waals surface area contributed by atoms with Crippen LogP contribution in [0.3, 0.4) is 0 Å². The van der Waals surface area contributed by atoms with Crippen LogP contribution in [-0.2, 0) is 0 Å². The number of amidine groups is 1. The van der Waals surface area contributed by atoms with E-state index >= 15 is 0 Å². The fourth-order valence-electron chi connectivity index (χ4n) is 1.44. The highest BCUT2D eigenvalue weighted by molar-refractivity contribution is 5.94. The van der Waals surface area contributed by atoms with Crippen molar-refractivity contribution >= 4 is 11.7 Å². The Morgan fingerprint density at radius 2 is 2.35 bits per heavy atom. The Labute approximate surface area is 99.7 Å². The Balaban J connectivity index is 2.64. The molecule has 0 saturated carbocycles. The molecule has 0 saturated heterocycles. The molecule has 0 unspecified atom stereocenters. The van der Waals surface area contributed by atoms with E-state index in [9.17, 15) is 4.79 Å². The van der Waals surface area contributed by atoms with E-state index in [1.807, 2.05) is 6.92 Å². The predicted octanol–water partition coefficient (Wildman–Crippen LogP) is 1.19. The van der Waals surface area contributed by atoms with Crippen LogP contribution in [0.2, 0.25) is 0 Å². The molecule has 17 heavy (non-hydrogen) atoms. The highest BCUT2D eigenvalue weighted by atomic mass is 16.4. The number of amides is 1. The lowest BCUT2D eigenvalue weighted by Gasteiger charge is -2.19. The third-order valence-corrected chi connectivity index (χ3v) is 2.41. The maximum atomic E-state index is 12.0. The number of nitrogens with zero attached hydrogens (tertiary/aromatic N) is 2. The van der Waals surface area contributed by atoms with Crippen molar-refractivity contribution in [3.8, 4) is 0 Å². The van der Waals surface area contributed by atoms with Gasteiger partial charge in [0.05, 0.1) is 5.56 Å². The molecule has 0 aliphatic heterocycles. The van der Waals surface area contributed by atoms with Crippen LogP contribution < -0.4 is 5.73 Å². The molecule has 1 heterocycles. The molecule has 94 valence electrons. The molecule has 6 heteroatoms. The van der Waals surface area contributed by atoms with Gasteiger partial charge in [0.25, 0.3) is 5.91 Å². The number of nitrogens with two attached hydrogens (primary N) is 1. The van der Waals surface area contributed by atoms with E-state index in [1.54, 1.807) is 17.9 Å². The molecule has 1 rings (SSSR count). The molecule has 0 fully saturated rings. The van der Waals surface area contributed by atoms with E-state index in [4.69, 9.17) is 15.4 Å². The second kappa shape index (κ2) is 5.93. The topological polar surface area (TPSA) is 92.1 Å². The minimum atomic E-state index is -0.116. The number of rotatable bonds is 5. The normalized spacial score (nSPS) is 11.5. The van der Waals surface area contributed by atoms with Gasteiger partial charge in [0.1, 0.15) is 17.9 Å². The number of carbonyl (C=O) groups excluding carboxylic acids is 1. The van der Waals surface area contributed by atoms with Crippen molar-refractivity contribution in [2.24, 2.45) is 10.9 Å². The molecule has 0 bridgehead atoms. The maximum absolute atomic E-state index is 12.0. The molecular weight excluding hydrogens is 222 g/mol. The van der Waals surface area contributed by atoms with Crippen LogP contribution in [0, 0.1) is 6.92 Å². The summed E-state index contributed by atoms with van der Waals surface area (Å²) in [5, 5.41) is 11.3. The van der Waals surface area contributed by atoms with E-state index in [2.05, 4.69) is 5.16 Å². The summed E-state index contributed by atoms with van der Waals surface area (Å²) in [5.41, 5.74) is 5.88. The molecule has 0 aliphatic rings. The summed E-state index contributed by atoms with van der Waals surface area (Å²) in [7, 11) is 0. The summed E-state index contributed by atoms with van der Waals surface area (Å²) in [6.45, 7) is 4.62. The van der Waals surface area contributed by atoms with Gasteiger partial charge in [-0.15, -0.1) is 0 Å². The average molecular weight is 239 g/mol. The number of furan rings is 1. The summed E-state index contributed by atoms with van der Waals surface area (Å²) in [6, 6.07) is 1.69. The molecule has 6 nitrogen and oxygen atoms in total. The number of oxime groups is 1. The fraction of sp³-hybridized carbons (Fsp3) is 0.455. The lowest BCUT2D eigenvalue weighted by molar-refractivity contribution is 0.0767. The van der Waals surface area contributed by atoms with Crippen LogP contribution in [0.1, 0.15) is 29.5 Å². The third kappa shape index (κ3) is 3.51. The Morgan fingerprint density at radius 3 is 2.82 bits per heavy atom. The molecule has 0 atom stereocenters. The Bertz CT molecular complexity index is 412. The zero-order valence-electron chi connectivity index (χ0n) is 10.0.